The Labute approximate surface area is 117 Å². The molecule has 0 unspecified atom stereocenters. The van der Waals surface area contributed by atoms with E-state index in [9.17, 15) is 4.79 Å². The van der Waals surface area contributed by atoms with Gasteiger partial charge in [-0.25, -0.2) is 9.48 Å². The zero-order valence-electron chi connectivity index (χ0n) is 11.7. The van der Waals surface area contributed by atoms with E-state index in [1.54, 1.807) is 26.0 Å². The van der Waals surface area contributed by atoms with Crippen molar-refractivity contribution in [2.45, 2.75) is 20.8 Å². The molecule has 0 saturated heterocycles. The van der Waals surface area contributed by atoms with Gasteiger partial charge in [0.25, 0.3) is 0 Å². The van der Waals surface area contributed by atoms with Crippen molar-refractivity contribution >= 4 is 5.97 Å². The molecule has 0 aliphatic heterocycles. The van der Waals surface area contributed by atoms with Crippen LogP contribution in [-0.4, -0.2) is 22.4 Å². The predicted molar refractivity (Wildman–Crippen MR) is 73.7 cm³/mol. The summed E-state index contributed by atoms with van der Waals surface area (Å²) in [6.45, 7) is 5.73. The maximum absolute atomic E-state index is 11.9. The first-order valence-electron chi connectivity index (χ1n) is 6.31. The molecule has 2 aromatic rings. The Morgan fingerprint density at radius 3 is 2.80 bits per heavy atom. The third-order valence-electron chi connectivity index (χ3n) is 2.90. The number of hydrogen-bond acceptors (Lipinski definition) is 4. The van der Waals surface area contributed by atoms with Crippen LogP contribution in [0.3, 0.4) is 0 Å². The fraction of sp³-hybridized carbons (Fsp3) is 0.267. The number of aromatic nitrogens is 2. The van der Waals surface area contributed by atoms with E-state index in [0.717, 1.165) is 5.56 Å². The van der Waals surface area contributed by atoms with Gasteiger partial charge in [-0.3, -0.25) is 0 Å². The van der Waals surface area contributed by atoms with Gasteiger partial charge in [0.2, 0.25) is 0 Å². The van der Waals surface area contributed by atoms with Gasteiger partial charge in [0.05, 0.1) is 29.6 Å². The molecule has 0 atom stereocenters. The second-order valence-electron chi connectivity index (χ2n) is 4.41. The van der Waals surface area contributed by atoms with Crippen molar-refractivity contribution in [2.75, 3.05) is 6.61 Å². The van der Waals surface area contributed by atoms with Gasteiger partial charge in [-0.2, -0.15) is 10.4 Å². The minimum Gasteiger partial charge on any atom is -0.461 e. The molecule has 1 aromatic heterocycles. The van der Waals surface area contributed by atoms with Crippen LogP contribution in [0.5, 0.6) is 0 Å². The molecular weight excluding hydrogens is 254 g/mol. The van der Waals surface area contributed by atoms with E-state index in [1.807, 2.05) is 19.1 Å². The number of benzene rings is 1. The highest BCUT2D eigenvalue weighted by molar-refractivity contribution is 5.88. The van der Waals surface area contributed by atoms with Gasteiger partial charge in [0, 0.05) is 0 Å². The Kier molecular flexibility index (Phi) is 3.85. The first-order chi connectivity index (χ1) is 9.56. The summed E-state index contributed by atoms with van der Waals surface area (Å²) >= 11 is 0. The summed E-state index contributed by atoms with van der Waals surface area (Å²) in [4.78, 5) is 11.9. The summed E-state index contributed by atoms with van der Waals surface area (Å²) in [5, 5.41) is 13.4. The molecule has 2 rings (SSSR count). The molecule has 5 heteroatoms. The van der Waals surface area contributed by atoms with Crippen LogP contribution in [-0.2, 0) is 4.74 Å². The van der Waals surface area contributed by atoms with E-state index < -0.39 is 5.97 Å². The summed E-state index contributed by atoms with van der Waals surface area (Å²) in [7, 11) is 0. The average molecular weight is 269 g/mol. The maximum Gasteiger partial charge on any atom is 0.357 e. The highest BCUT2D eigenvalue weighted by atomic mass is 16.5. The smallest absolute Gasteiger partial charge is 0.357 e. The molecule has 102 valence electrons. The highest BCUT2D eigenvalue weighted by Gasteiger charge is 2.16. The minimum absolute atomic E-state index is 0.306. The standard InChI is InChI=1S/C15H15N3O2/c1-4-20-15(19)14-7-11(3)17-18(14)13-6-5-10(2)12(8-13)9-16/h5-8H,4H2,1-3H3. The largest absolute Gasteiger partial charge is 0.461 e. The van der Waals surface area contributed by atoms with Crippen molar-refractivity contribution in [3.63, 3.8) is 0 Å². The summed E-state index contributed by atoms with van der Waals surface area (Å²) in [6.07, 6.45) is 0. The molecule has 0 N–H and O–H groups in total. The van der Waals surface area contributed by atoms with Gasteiger partial charge >= 0.3 is 5.97 Å². The second-order valence-corrected chi connectivity index (χ2v) is 4.41. The Balaban J connectivity index is 2.53. The van der Waals surface area contributed by atoms with Crippen molar-refractivity contribution < 1.29 is 9.53 Å². The lowest BCUT2D eigenvalue weighted by atomic mass is 10.1. The molecule has 5 nitrogen and oxygen atoms in total. The third kappa shape index (κ3) is 2.54. The Morgan fingerprint density at radius 2 is 2.15 bits per heavy atom. The van der Waals surface area contributed by atoms with Gasteiger partial charge in [-0.1, -0.05) is 6.07 Å². The SMILES string of the molecule is CCOC(=O)c1cc(C)nn1-c1ccc(C)c(C#N)c1. The molecule has 0 aliphatic carbocycles. The molecule has 1 heterocycles. The normalized spacial score (nSPS) is 10.1. The van der Waals surface area contributed by atoms with Crippen molar-refractivity contribution in [3.8, 4) is 11.8 Å². The summed E-state index contributed by atoms with van der Waals surface area (Å²) < 4.78 is 6.53. The number of nitriles is 1. The van der Waals surface area contributed by atoms with Gasteiger partial charge in [0.15, 0.2) is 5.69 Å². The first-order valence-corrected chi connectivity index (χ1v) is 6.31. The van der Waals surface area contributed by atoms with E-state index in [0.29, 0.717) is 29.2 Å². The molecule has 0 aliphatic rings. The van der Waals surface area contributed by atoms with Crippen molar-refractivity contribution in [3.05, 3.63) is 46.8 Å². The van der Waals surface area contributed by atoms with Gasteiger partial charge in [-0.05, 0) is 44.5 Å². The number of nitrogens with zero attached hydrogens (tertiary/aromatic N) is 3. The summed E-state index contributed by atoms with van der Waals surface area (Å²) in [6, 6.07) is 9.17. The van der Waals surface area contributed by atoms with Crippen LogP contribution in [0.1, 0.15) is 34.2 Å². The Hall–Kier alpha value is -2.61. The zero-order chi connectivity index (χ0) is 14.7. The highest BCUT2D eigenvalue weighted by Crippen LogP contribution is 2.17. The number of carbonyl (C=O) groups is 1. The van der Waals surface area contributed by atoms with Crippen LogP contribution in [0.25, 0.3) is 5.69 Å². The van der Waals surface area contributed by atoms with Crippen LogP contribution >= 0.6 is 0 Å². The topological polar surface area (TPSA) is 67.9 Å². The summed E-state index contributed by atoms with van der Waals surface area (Å²) in [5.74, 6) is -0.424. The Bertz CT molecular complexity index is 696. The fourth-order valence-electron chi connectivity index (χ4n) is 1.91. The predicted octanol–water partition coefficient (Wildman–Crippen LogP) is 2.54. The van der Waals surface area contributed by atoms with E-state index in [2.05, 4.69) is 11.2 Å². The van der Waals surface area contributed by atoms with Gasteiger partial charge in [0.1, 0.15) is 0 Å². The number of rotatable bonds is 3. The molecular formula is C15H15N3O2. The van der Waals surface area contributed by atoms with Crippen LogP contribution in [0.15, 0.2) is 24.3 Å². The molecule has 0 fully saturated rings. The Morgan fingerprint density at radius 1 is 1.40 bits per heavy atom. The number of carbonyl (C=O) groups excluding carboxylic acids is 1. The van der Waals surface area contributed by atoms with E-state index in [4.69, 9.17) is 10.00 Å². The van der Waals surface area contributed by atoms with Crippen LogP contribution in [0.4, 0.5) is 0 Å². The average Bonchev–Trinajstić information content (AvgIpc) is 2.82. The molecule has 20 heavy (non-hydrogen) atoms. The number of hydrogen-bond donors (Lipinski definition) is 0. The summed E-state index contributed by atoms with van der Waals surface area (Å²) in [5.41, 5.74) is 3.19. The minimum atomic E-state index is -0.424. The lowest BCUT2D eigenvalue weighted by Crippen LogP contribution is -2.12. The van der Waals surface area contributed by atoms with E-state index >= 15 is 0 Å². The molecule has 0 radical (unpaired) electrons. The number of ether oxygens (including phenoxy) is 1. The lowest BCUT2D eigenvalue weighted by molar-refractivity contribution is 0.0515. The maximum atomic E-state index is 11.9. The fourth-order valence-corrected chi connectivity index (χ4v) is 1.91. The van der Waals surface area contributed by atoms with E-state index in [-0.39, 0.29) is 0 Å². The third-order valence-corrected chi connectivity index (χ3v) is 2.90. The molecule has 0 amide bonds. The van der Waals surface area contributed by atoms with Crippen LogP contribution in [0.2, 0.25) is 0 Å². The van der Waals surface area contributed by atoms with Gasteiger partial charge < -0.3 is 4.74 Å². The van der Waals surface area contributed by atoms with Crippen molar-refractivity contribution in [1.29, 1.82) is 5.26 Å². The van der Waals surface area contributed by atoms with Crippen LogP contribution in [0, 0.1) is 25.2 Å². The molecule has 0 spiro atoms. The number of esters is 1. The molecule has 0 saturated carbocycles. The zero-order valence-corrected chi connectivity index (χ0v) is 11.7. The molecule has 0 bridgehead atoms. The van der Waals surface area contributed by atoms with Crippen molar-refractivity contribution in [1.82, 2.24) is 9.78 Å². The quantitative estimate of drug-likeness (QED) is 0.803. The molecule has 1 aromatic carbocycles. The van der Waals surface area contributed by atoms with E-state index in [1.165, 1.54) is 4.68 Å². The van der Waals surface area contributed by atoms with Crippen molar-refractivity contribution in [2.24, 2.45) is 0 Å². The second kappa shape index (κ2) is 5.57. The monoisotopic (exact) mass is 269 g/mol. The first kappa shape index (κ1) is 13.8. The van der Waals surface area contributed by atoms with Crippen LogP contribution < -0.4 is 0 Å². The lowest BCUT2D eigenvalue weighted by Gasteiger charge is -2.08. The number of aryl methyl sites for hydroxylation is 2. The van der Waals surface area contributed by atoms with Gasteiger partial charge in [-0.15, -0.1) is 0 Å².